The predicted molar refractivity (Wildman–Crippen MR) is 73.2 cm³/mol. The van der Waals surface area contributed by atoms with Crippen molar-refractivity contribution in [2.24, 2.45) is 0 Å². The highest BCUT2D eigenvalue weighted by Gasteiger charge is 2.42. The maximum atomic E-state index is 11.9. The third-order valence-corrected chi connectivity index (χ3v) is 4.26. The molecule has 4 nitrogen and oxygen atoms in total. The number of nitrogens with one attached hydrogen (secondary N) is 1. The number of hydrogen-bond acceptors (Lipinski definition) is 2. The second-order valence-electron chi connectivity index (χ2n) is 5.47. The van der Waals surface area contributed by atoms with E-state index in [2.05, 4.69) is 9.97 Å². The van der Waals surface area contributed by atoms with Crippen molar-refractivity contribution in [1.82, 2.24) is 9.97 Å². The monoisotopic (exact) mass is 258 g/mol. The summed E-state index contributed by atoms with van der Waals surface area (Å²) in [6.07, 6.45) is 4.52. The summed E-state index contributed by atoms with van der Waals surface area (Å²) in [4.78, 5) is 19.6. The molecule has 0 amide bonds. The smallest absolute Gasteiger partial charge is 0.314 e. The summed E-state index contributed by atoms with van der Waals surface area (Å²) in [6, 6.07) is 5.81. The van der Waals surface area contributed by atoms with Crippen LogP contribution in [0.15, 0.2) is 18.2 Å². The molecule has 0 spiro atoms. The lowest BCUT2D eigenvalue weighted by atomic mass is 9.69. The number of aromatic nitrogens is 2. The van der Waals surface area contributed by atoms with Crippen LogP contribution in [0.3, 0.4) is 0 Å². The number of aryl methyl sites for hydroxylation is 1. The molecule has 1 aromatic carbocycles. The summed E-state index contributed by atoms with van der Waals surface area (Å²) in [6.45, 7) is 1.90. The number of H-pyrrole nitrogens is 1. The van der Waals surface area contributed by atoms with Crippen molar-refractivity contribution in [2.45, 2.75) is 44.4 Å². The second kappa shape index (κ2) is 4.37. The van der Waals surface area contributed by atoms with Gasteiger partial charge in [-0.25, -0.2) is 4.98 Å². The Kier molecular flexibility index (Phi) is 2.81. The topological polar surface area (TPSA) is 66.0 Å². The van der Waals surface area contributed by atoms with Gasteiger partial charge in [0.15, 0.2) is 0 Å². The van der Waals surface area contributed by atoms with Crippen LogP contribution in [0, 0.1) is 6.92 Å². The van der Waals surface area contributed by atoms with Crippen molar-refractivity contribution < 1.29 is 9.90 Å². The summed E-state index contributed by atoms with van der Waals surface area (Å²) < 4.78 is 0. The molecule has 1 fully saturated rings. The van der Waals surface area contributed by atoms with Crippen LogP contribution in [0.25, 0.3) is 11.0 Å². The van der Waals surface area contributed by atoms with Crippen molar-refractivity contribution in [3.05, 3.63) is 29.6 Å². The fourth-order valence-corrected chi connectivity index (χ4v) is 3.30. The first-order chi connectivity index (χ1) is 9.13. The van der Waals surface area contributed by atoms with Crippen LogP contribution in [0.4, 0.5) is 0 Å². The molecular weight excluding hydrogens is 240 g/mol. The lowest BCUT2D eigenvalue weighted by Crippen LogP contribution is -2.38. The molecule has 1 saturated carbocycles. The highest BCUT2D eigenvalue weighted by molar-refractivity contribution is 5.89. The van der Waals surface area contributed by atoms with Crippen molar-refractivity contribution in [3.63, 3.8) is 0 Å². The average molecular weight is 258 g/mol. The molecule has 0 atom stereocenters. The van der Waals surface area contributed by atoms with E-state index in [1.807, 2.05) is 25.1 Å². The van der Waals surface area contributed by atoms with Crippen LogP contribution in [0.2, 0.25) is 0 Å². The van der Waals surface area contributed by atoms with Gasteiger partial charge in [-0.15, -0.1) is 0 Å². The molecule has 0 unspecified atom stereocenters. The molecule has 0 radical (unpaired) electrons. The third-order valence-electron chi connectivity index (χ3n) is 4.26. The zero-order valence-corrected chi connectivity index (χ0v) is 11.1. The van der Waals surface area contributed by atoms with Gasteiger partial charge in [-0.05, 0) is 31.4 Å². The largest absolute Gasteiger partial charge is 0.481 e. The van der Waals surface area contributed by atoms with Crippen molar-refractivity contribution >= 4 is 17.0 Å². The maximum absolute atomic E-state index is 11.9. The Morgan fingerprint density at radius 1 is 1.32 bits per heavy atom. The summed E-state index contributed by atoms with van der Waals surface area (Å²) >= 11 is 0. The SMILES string of the molecule is Cc1nc2c(C3(C(=O)O)CCCCC3)cccc2[nH]1. The fraction of sp³-hybridized carbons (Fsp3) is 0.467. The van der Waals surface area contributed by atoms with Gasteiger partial charge in [-0.1, -0.05) is 31.4 Å². The first-order valence-corrected chi connectivity index (χ1v) is 6.83. The van der Waals surface area contributed by atoms with Gasteiger partial charge < -0.3 is 10.1 Å². The Hall–Kier alpha value is -1.84. The summed E-state index contributed by atoms with van der Waals surface area (Å²) in [5.74, 6) is 0.124. The number of nitrogens with zero attached hydrogens (tertiary/aromatic N) is 1. The molecule has 0 bridgehead atoms. The van der Waals surface area contributed by atoms with E-state index in [0.717, 1.165) is 41.7 Å². The van der Waals surface area contributed by atoms with E-state index in [0.29, 0.717) is 12.8 Å². The molecule has 1 aliphatic rings. The van der Waals surface area contributed by atoms with Crippen LogP contribution in [-0.4, -0.2) is 21.0 Å². The number of aromatic amines is 1. The minimum absolute atomic E-state index is 0.708. The van der Waals surface area contributed by atoms with Gasteiger partial charge >= 0.3 is 5.97 Å². The third kappa shape index (κ3) is 1.82. The Balaban J connectivity index is 2.22. The highest BCUT2D eigenvalue weighted by Crippen LogP contribution is 2.42. The Labute approximate surface area is 111 Å². The maximum Gasteiger partial charge on any atom is 0.314 e. The first kappa shape index (κ1) is 12.2. The van der Waals surface area contributed by atoms with E-state index in [4.69, 9.17) is 0 Å². The molecule has 3 rings (SSSR count). The van der Waals surface area contributed by atoms with Crippen LogP contribution >= 0.6 is 0 Å². The molecule has 1 aliphatic carbocycles. The lowest BCUT2D eigenvalue weighted by molar-refractivity contribution is -0.145. The Bertz CT molecular complexity index is 624. The van der Waals surface area contributed by atoms with Crippen LogP contribution in [0.5, 0.6) is 0 Å². The summed E-state index contributed by atoms with van der Waals surface area (Å²) in [5.41, 5.74) is 1.88. The fourth-order valence-electron chi connectivity index (χ4n) is 3.30. The van der Waals surface area contributed by atoms with Gasteiger partial charge in [0.2, 0.25) is 0 Å². The minimum atomic E-state index is -0.751. The number of benzene rings is 1. The van der Waals surface area contributed by atoms with Gasteiger partial charge in [0.1, 0.15) is 5.82 Å². The van der Waals surface area contributed by atoms with Crippen molar-refractivity contribution in [3.8, 4) is 0 Å². The summed E-state index contributed by atoms with van der Waals surface area (Å²) in [7, 11) is 0. The molecule has 2 aromatic rings. The number of fused-ring (bicyclic) bond motifs is 1. The van der Waals surface area contributed by atoms with E-state index in [-0.39, 0.29) is 0 Å². The number of rotatable bonds is 2. The Morgan fingerprint density at radius 3 is 2.74 bits per heavy atom. The number of imidazole rings is 1. The molecular formula is C15H18N2O2. The van der Waals surface area contributed by atoms with E-state index < -0.39 is 11.4 Å². The van der Waals surface area contributed by atoms with Gasteiger partial charge in [0, 0.05) is 0 Å². The molecule has 4 heteroatoms. The second-order valence-corrected chi connectivity index (χ2v) is 5.47. The number of carboxylic acid groups (broad SMARTS) is 1. The number of aliphatic carboxylic acids is 1. The van der Waals surface area contributed by atoms with Crippen LogP contribution in [-0.2, 0) is 10.2 Å². The van der Waals surface area contributed by atoms with Crippen LogP contribution in [0.1, 0.15) is 43.5 Å². The highest BCUT2D eigenvalue weighted by atomic mass is 16.4. The van der Waals surface area contributed by atoms with E-state index >= 15 is 0 Å². The number of carbonyl (C=O) groups is 1. The number of para-hydroxylation sites is 1. The molecule has 1 aromatic heterocycles. The molecule has 1 heterocycles. The molecule has 0 aliphatic heterocycles. The molecule has 0 saturated heterocycles. The number of hydrogen-bond donors (Lipinski definition) is 2. The predicted octanol–water partition coefficient (Wildman–Crippen LogP) is 3.16. The van der Waals surface area contributed by atoms with E-state index in [9.17, 15) is 9.90 Å². The Morgan fingerprint density at radius 2 is 2.05 bits per heavy atom. The number of carboxylic acids is 1. The van der Waals surface area contributed by atoms with Gasteiger partial charge in [0.05, 0.1) is 16.4 Å². The normalized spacial score (nSPS) is 18.6. The zero-order chi connectivity index (χ0) is 13.5. The van der Waals surface area contributed by atoms with Gasteiger partial charge in [0.25, 0.3) is 0 Å². The average Bonchev–Trinajstić information content (AvgIpc) is 2.79. The van der Waals surface area contributed by atoms with Crippen molar-refractivity contribution in [2.75, 3.05) is 0 Å². The standard InChI is InChI=1S/C15H18N2O2/c1-10-16-12-7-5-6-11(13(12)17-10)15(14(18)19)8-3-2-4-9-15/h5-7H,2-4,8-9H2,1H3,(H,16,17)(H,18,19). The minimum Gasteiger partial charge on any atom is -0.481 e. The van der Waals surface area contributed by atoms with Crippen molar-refractivity contribution in [1.29, 1.82) is 0 Å². The lowest BCUT2D eigenvalue weighted by Gasteiger charge is -2.33. The van der Waals surface area contributed by atoms with E-state index in [1.165, 1.54) is 0 Å². The van der Waals surface area contributed by atoms with E-state index in [1.54, 1.807) is 0 Å². The quantitative estimate of drug-likeness (QED) is 0.869. The molecule has 100 valence electrons. The van der Waals surface area contributed by atoms with Gasteiger partial charge in [-0.3, -0.25) is 4.79 Å². The van der Waals surface area contributed by atoms with Crippen LogP contribution < -0.4 is 0 Å². The first-order valence-electron chi connectivity index (χ1n) is 6.83. The zero-order valence-electron chi connectivity index (χ0n) is 11.1. The van der Waals surface area contributed by atoms with Gasteiger partial charge in [-0.2, -0.15) is 0 Å². The molecule has 19 heavy (non-hydrogen) atoms. The molecule has 2 N–H and O–H groups in total. The summed E-state index contributed by atoms with van der Waals surface area (Å²) in [5, 5.41) is 9.77.